The summed E-state index contributed by atoms with van der Waals surface area (Å²) in [4.78, 5) is 16.4. The average molecular weight is 383 g/mol. The fraction of sp³-hybridized carbons (Fsp3) is 0.409. The minimum absolute atomic E-state index is 0.0840. The Balaban J connectivity index is 1.76. The Hall–Kier alpha value is -1.95. The molecule has 1 unspecified atom stereocenters. The van der Waals surface area contributed by atoms with Gasteiger partial charge in [0.1, 0.15) is 0 Å². The van der Waals surface area contributed by atoms with Crippen molar-refractivity contribution in [3.05, 3.63) is 68.1 Å². The lowest BCUT2D eigenvalue weighted by Gasteiger charge is -2.30. The maximum atomic E-state index is 12.8. The van der Waals surface area contributed by atoms with Gasteiger partial charge in [0, 0.05) is 42.0 Å². The summed E-state index contributed by atoms with van der Waals surface area (Å²) in [5.74, 6) is 0. The van der Waals surface area contributed by atoms with Gasteiger partial charge in [0.05, 0.1) is 12.1 Å². The molecular weight excluding hydrogens is 356 g/mol. The van der Waals surface area contributed by atoms with Gasteiger partial charge in [-0.15, -0.1) is 11.3 Å². The van der Waals surface area contributed by atoms with E-state index in [0.717, 1.165) is 43.4 Å². The van der Waals surface area contributed by atoms with E-state index in [4.69, 9.17) is 0 Å². The first-order valence-electron chi connectivity index (χ1n) is 9.73. The normalized spacial score (nSPS) is 14.8. The summed E-state index contributed by atoms with van der Waals surface area (Å²) in [6.07, 6.45) is 2.94. The number of aliphatic hydroxyl groups excluding tert-OH is 1. The highest BCUT2D eigenvalue weighted by atomic mass is 32.1. The molecule has 0 fully saturated rings. The summed E-state index contributed by atoms with van der Waals surface area (Å²) in [6.45, 7) is 4.50. The van der Waals surface area contributed by atoms with Gasteiger partial charge in [-0.25, -0.2) is 0 Å². The van der Waals surface area contributed by atoms with Gasteiger partial charge in [-0.1, -0.05) is 31.2 Å². The Morgan fingerprint density at radius 3 is 2.89 bits per heavy atom. The van der Waals surface area contributed by atoms with E-state index in [1.54, 1.807) is 11.3 Å². The number of nitrogens with zero attached hydrogens (tertiary/aromatic N) is 2. The van der Waals surface area contributed by atoms with Crippen LogP contribution >= 0.6 is 11.3 Å². The highest BCUT2D eigenvalue weighted by molar-refractivity contribution is 7.09. The Kier molecular flexibility index (Phi) is 5.43. The van der Waals surface area contributed by atoms with Crippen molar-refractivity contribution < 1.29 is 5.11 Å². The van der Waals surface area contributed by atoms with Crippen LogP contribution in [0.1, 0.15) is 35.8 Å². The molecule has 0 radical (unpaired) electrons. The molecule has 0 spiro atoms. The predicted molar refractivity (Wildman–Crippen MR) is 111 cm³/mol. The minimum Gasteiger partial charge on any atom is -0.395 e. The zero-order chi connectivity index (χ0) is 18.8. The maximum absolute atomic E-state index is 12.8. The first kappa shape index (κ1) is 18.4. The van der Waals surface area contributed by atoms with E-state index in [0.29, 0.717) is 6.54 Å². The van der Waals surface area contributed by atoms with E-state index in [2.05, 4.69) is 47.5 Å². The van der Waals surface area contributed by atoms with Crippen molar-refractivity contribution in [2.75, 3.05) is 6.61 Å². The maximum Gasteiger partial charge on any atom is 0.251 e. The summed E-state index contributed by atoms with van der Waals surface area (Å²) in [5.41, 5.74) is 3.55. The van der Waals surface area contributed by atoms with Gasteiger partial charge in [-0.2, -0.15) is 0 Å². The molecule has 3 aromatic rings. The van der Waals surface area contributed by atoms with Gasteiger partial charge in [-0.05, 0) is 41.8 Å². The number of para-hydroxylation sites is 1. The number of hydrogen-bond donors (Lipinski definition) is 1. The Labute approximate surface area is 163 Å². The van der Waals surface area contributed by atoms with Gasteiger partial charge >= 0.3 is 0 Å². The van der Waals surface area contributed by atoms with E-state index in [1.807, 2.05) is 10.6 Å². The number of aliphatic hydroxyl groups is 1. The quantitative estimate of drug-likeness (QED) is 0.676. The monoisotopic (exact) mass is 382 g/mol. The van der Waals surface area contributed by atoms with Gasteiger partial charge < -0.3 is 9.67 Å². The molecule has 1 aliphatic rings. The molecule has 142 valence electrons. The highest BCUT2D eigenvalue weighted by Gasteiger charge is 2.21. The summed E-state index contributed by atoms with van der Waals surface area (Å²) in [6, 6.07) is 12.5. The first-order chi connectivity index (χ1) is 13.2. The van der Waals surface area contributed by atoms with Crippen LogP contribution in [0.3, 0.4) is 0 Å². The molecule has 0 saturated carbocycles. The number of hydrogen-bond acceptors (Lipinski definition) is 4. The molecule has 1 aliphatic heterocycles. The second-order valence-corrected chi connectivity index (χ2v) is 8.34. The third kappa shape index (κ3) is 3.59. The van der Waals surface area contributed by atoms with E-state index < -0.39 is 0 Å². The molecule has 4 nitrogen and oxygen atoms in total. The SMILES string of the molecule is CCC(CO)N(Cc1cccs1)Cc1cc(=O)n2c3c(cccc13)CCC2. The van der Waals surface area contributed by atoms with Crippen LogP contribution in [0.25, 0.3) is 10.9 Å². The van der Waals surface area contributed by atoms with E-state index in [1.165, 1.54) is 15.8 Å². The number of thiophene rings is 1. The molecule has 4 rings (SSSR count). The van der Waals surface area contributed by atoms with Crippen molar-refractivity contribution in [3.63, 3.8) is 0 Å². The van der Waals surface area contributed by atoms with Crippen molar-refractivity contribution in [3.8, 4) is 0 Å². The predicted octanol–water partition coefficient (Wildman–Crippen LogP) is 3.78. The van der Waals surface area contributed by atoms with Crippen molar-refractivity contribution in [1.82, 2.24) is 9.47 Å². The smallest absolute Gasteiger partial charge is 0.251 e. The molecule has 0 aliphatic carbocycles. The number of pyridine rings is 1. The topological polar surface area (TPSA) is 45.5 Å². The molecule has 5 heteroatoms. The summed E-state index contributed by atoms with van der Waals surface area (Å²) >= 11 is 1.74. The number of aryl methyl sites for hydroxylation is 2. The molecule has 0 bridgehead atoms. The fourth-order valence-corrected chi connectivity index (χ4v) is 4.93. The van der Waals surface area contributed by atoms with E-state index in [-0.39, 0.29) is 18.2 Å². The number of rotatable bonds is 7. The molecule has 0 saturated heterocycles. The third-order valence-corrected chi connectivity index (χ3v) is 6.50. The molecule has 1 atom stereocenters. The van der Waals surface area contributed by atoms with Crippen LogP contribution in [0.15, 0.2) is 46.6 Å². The largest absolute Gasteiger partial charge is 0.395 e. The van der Waals surface area contributed by atoms with Crippen molar-refractivity contribution in [2.24, 2.45) is 0 Å². The summed E-state index contributed by atoms with van der Waals surface area (Å²) < 4.78 is 1.94. The lowest BCUT2D eigenvalue weighted by atomic mass is 9.98. The first-order valence-corrected chi connectivity index (χ1v) is 10.6. The van der Waals surface area contributed by atoms with Crippen molar-refractivity contribution in [2.45, 2.75) is 51.9 Å². The Bertz CT molecular complexity index is 974. The van der Waals surface area contributed by atoms with Gasteiger partial charge in [0.2, 0.25) is 0 Å². The van der Waals surface area contributed by atoms with Crippen LogP contribution in [0.2, 0.25) is 0 Å². The molecular formula is C22H26N2O2S. The highest BCUT2D eigenvalue weighted by Crippen LogP contribution is 2.27. The molecule has 1 aromatic carbocycles. The van der Waals surface area contributed by atoms with Crippen molar-refractivity contribution in [1.29, 1.82) is 0 Å². The Morgan fingerprint density at radius 1 is 1.26 bits per heavy atom. The zero-order valence-electron chi connectivity index (χ0n) is 15.7. The second kappa shape index (κ2) is 7.97. The van der Waals surface area contributed by atoms with Crippen LogP contribution in [-0.2, 0) is 26.1 Å². The third-order valence-electron chi connectivity index (χ3n) is 5.64. The lowest BCUT2D eigenvalue weighted by Crippen LogP contribution is -2.37. The molecule has 0 amide bonds. The summed E-state index contributed by atoms with van der Waals surface area (Å²) in [7, 11) is 0. The fourth-order valence-electron chi connectivity index (χ4n) is 4.20. The van der Waals surface area contributed by atoms with Crippen LogP contribution in [-0.4, -0.2) is 27.2 Å². The number of aromatic nitrogens is 1. The Morgan fingerprint density at radius 2 is 2.15 bits per heavy atom. The molecule has 3 heterocycles. The second-order valence-electron chi connectivity index (χ2n) is 7.31. The standard InChI is InChI=1S/C22H26N2O2S/c1-2-18(15-25)23(14-19-8-5-11-27-19)13-17-12-21(26)24-10-4-7-16-6-3-9-20(17)22(16)24/h3,5-6,8-9,11-12,18,25H,2,4,7,10,13-15H2,1H3. The van der Waals surface area contributed by atoms with E-state index in [9.17, 15) is 9.90 Å². The van der Waals surface area contributed by atoms with Crippen LogP contribution in [0.5, 0.6) is 0 Å². The molecule has 2 aromatic heterocycles. The molecule has 27 heavy (non-hydrogen) atoms. The van der Waals surface area contributed by atoms with Gasteiger partial charge in [0.25, 0.3) is 5.56 Å². The summed E-state index contributed by atoms with van der Waals surface area (Å²) in [5, 5.41) is 13.2. The zero-order valence-corrected chi connectivity index (χ0v) is 16.5. The molecule has 1 N–H and O–H groups in total. The van der Waals surface area contributed by atoms with E-state index >= 15 is 0 Å². The van der Waals surface area contributed by atoms with Crippen LogP contribution < -0.4 is 5.56 Å². The van der Waals surface area contributed by atoms with Gasteiger partial charge in [-0.3, -0.25) is 9.69 Å². The van der Waals surface area contributed by atoms with Crippen LogP contribution in [0, 0.1) is 0 Å². The van der Waals surface area contributed by atoms with Crippen molar-refractivity contribution >= 4 is 22.2 Å². The average Bonchev–Trinajstić information content (AvgIpc) is 3.19. The number of benzene rings is 1. The van der Waals surface area contributed by atoms with Crippen LogP contribution in [0.4, 0.5) is 0 Å². The van der Waals surface area contributed by atoms with Gasteiger partial charge in [0.15, 0.2) is 0 Å². The minimum atomic E-state index is 0.0840. The lowest BCUT2D eigenvalue weighted by molar-refractivity contribution is 0.108.